The minimum Gasteiger partial charge on any atom is -0.310 e. The van der Waals surface area contributed by atoms with Crippen LogP contribution in [0.2, 0.25) is 0 Å². The fraction of sp³-hybridized carbons (Fsp3) is 0.500. The third-order valence-electron chi connectivity index (χ3n) is 2.96. The van der Waals surface area contributed by atoms with Gasteiger partial charge in [0, 0.05) is 18.2 Å². The minimum atomic E-state index is -0.0562. The summed E-state index contributed by atoms with van der Waals surface area (Å²) in [7, 11) is 0. The summed E-state index contributed by atoms with van der Waals surface area (Å²) in [5.74, 6) is -0.0562. The molecule has 1 saturated carbocycles. The maximum Gasteiger partial charge on any atom is 0.130 e. The Kier molecular flexibility index (Phi) is 2.82. The molecule has 1 fully saturated rings. The van der Waals surface area contributed by atoms with E-state index in [1.54, 1.807) is 0 Å². The Morgan fingerprint density at radius 3 is 2.86 bits per heavy atom. The monoisotopic (exact) mass is 193 g/mol. The van der Waals surface area contributed by atoms with Crippen LogP contribution in [0.5, 0.6) is 0 Å². The first-order valence-electron chi connectivity index (χ1n) is 5.25. The highest BCUT2D eigenvalue weighted by molar-refractivity contribution is 5.24. The third-order valence-corrected chi connectivity index (χ3v) is 2.96. The largest absolute Gasteiger partial charge is 0.310 e. The van der Waals surface area contributed by atoms with Crippen LogP contribution in [0.3, 0.4) is 0 Å². The second kappa shape index (κ2) is 4.09. The maximum absolute atomic E-state index is 13.5. The van der Waals surface area contributed by atoms with Gasteiger partial charge in [0.15, 0.2) is 0 Å². The Bertz CT molecular complexity index is 318. The fourth-order valence-electron chi connectivity index (χ4n) is 1.71. The highest BCUT2D eigenvalue weighted by Crippen LogP contribution is 2.19. The number of aryl methyl sites for hydroxylation is 1. The summed E-state index contributed by atoms with van der Waals surface area (Å²) in [6.07, 6.45) is 3.80. The molecule has 14 heavy (non-hydrogen) atoms. The zero-order valence-corrected chi connectivity index (χ0v) is 8.52. The lowest BCUT2D eigenvalue weighted by atomic mass is 9.93. The van der Waals surface area contributed by atoms with Crippen LogP contribution in [0.4, 0.5) is 4.39 Å². The summed E-state index contributed by atoms with van der Waals surface area (Å²) in [5, 5.41) is 3.36. The van der Waals surface area contributed by atoms with E-state index >= 15 is 0 Å². The van der Waals surface area contributed by atoms with Crippen LogP contribution in [-0.4, -0.2) is 6.04 Å². The highest BCUT2D eigenvalue weighted by atomic mass is 19.1. The van der Waals surface area contributed by atoms with Gasteiger partial charge in [0.05, 0.1) is 0 Å². The highest BCUT2D eigenvalue weighted by Gasteiger charge is 2.16. The Balaban J connectivity index is 1.97. The molecule has 1 aliphatic carbocycles. The van der Waals surface area contributed by atoms with Crippen LogP contribution in [0.25, 0.3) is 0 Å². The van der Waals surface area contributed by atoms with E-state index < -0.39 is 0 Å². The molecular weight excluding hydrogens is 177 g/mol. The molecule has 0 atom stereocenters. The van der Waals surface area contributed by atoms with E-state index in [0.29, 0.717) is 12.6 Å². The predicted octanol–water partition coefficient (Wildman–Crippen LogP) is 2.78. The Hall–Kier alpha value is -0.890. The van der Waals surface area contributed by atoms with Crippen molar-refractivity contribution in [2.45, 2.75) is 38.8 Å². The van der Waals surface area contributed by atoms with Crippen molar-refractivity contribution < 1.29 is 4.39 Å². The van der Waals surface area contributed by atoms with E-state index in [1.807, 2.05) is 25.1 Å². The molecule has 0 aromatic heterocycles. The van der Waals surface area contributed by atoms with E-state index in [9.17, 15) is 4.39 Å². The standard InChI is InChI=1S/C12H16FN/c1-9-4-2-5-10(12(9)13)8-14-11-6-3-7-11/h2,4-5,11,14H,3,6-8H2,1H3. The van der Waals surface area contributed by atoms with Gasteiger partial charge in [-0.3, -0.25) is 0 Å². The van der Waals surface area contributed by atoms with Crippen LogP contribution in [0, 0.1) is 12.7 Å². The van der Waals surface area contributed by atoms with Crippen molar-refractivity contribution in [3.05, 3.63) is 35.1 Å². The van der Waals surface area contributed by atoms with Gasteiger partial charge in [0.2, 0.25) is 0 Å². The van der Waals surface area contributed by atoms with Crippen molar-refractivity contribution in [2.75, 3.05) is 0 Å². The van der Waals surface area contributed by atoms with Gasteiger partial charge in [0.25, 0.3) is 0 Å². The maximum atomic E-state index is 13.5. The number of nitrogens with one attached hydrogen (secondary N) is 1. The molecule has 76 valence electrons. The van der Waals surface area contributed by atoms with Crippen LogP contribution in [0.1, 0.15) is 30.4 Å². The average molecular weight is 193 g/mol. The molecule has 2 rings (SSSR count). The molecule has 0 heterocycles. The van der Waals surface area contributed by atoms with Crippen molar-refractivity contribution in [3.8, 4) is 0 Å². The minimum absolute atomic E-state index is 0.0562. The normalized spacial score (nSPS) is 16.7. The zero-order valence-electron chi connectivity index (χ0n) is 8.52. The average Bonchev–Trinajstić information content (AvgIpc) is 2.09. The third kappa shape index (κ3) is 1.95. The molecule has 0 saturated heterocycles. The Morgan fingerprint density at radius 1 is 1.43 bits per heavy atom. The fourth-order valence-corrected chi connectivity index (χ4v) is 1.71. The molecule has 0 radical (unpaired) electrons. The van der Waals surface area contributed by atoms with E-state index in [2.05, 4.69) is 5.32 Å². The topological polar surface area (TPSA) is 12.0 Å². The first-order valence-corrected chi connectivity index (χ1v) is 5.25. The van der Waals surface area contributed by atoms with Gasteiger partial charge >= 0.3 is 0 Å². The molecule has 0 unspecified atom stereocenters. The second-order valence-corrected chi connectivity index (χ2v) is 4.06. The lowest BCUT2D eigenvalue weighted by Gasteiger charge is -2.26. The molecule has 2 heteroatoms. The van der Waals surface area contributed by atoms with Gasteiger partial charge in [-0.05, 0) is 25.3 Å². The Labute approximate surface area is 84.3 Å². The number of hydrogen-bond acceptors (Lipinski definition) is 1. The molecule has 1 aromatic rings. The molecule has 0 aliphatic heterocycles. The van der Waals surface area contributed by atoms with E-state index in [-0.39, 0.29) is 5.82 Å². The summed E-state index contributed by atoms with van der Waals surface area (Å²) in [6, 6.07) is 6.20. The summed E-state index contributed by atoms with van der Waals surface area (Å²) in [6.45, 7) is 2.47. The number of rotatable bonds is 3. The smallest absolute Gasteiger partial charge is 0.130 e. The lowest BCUT2D eigenvalue weighted by molar-refractivity contribution is 0.336. The summed E-state index contributed by atoms with van der Waals surface area (Å²) in [5.41, 5.74) is 1.52. The molecule has 1 aliphatic rings. The number of halogens is 1. The molecule has 0 amide bonds. The second-order valence-electron chi connectivity index (χ2n) is 4.06. The van der Waals surface area contributed by atoms with Gasteiger partial charge in [-0.15, -0.1) is 0 Å². The van der Waals surface area contributed by atoms with Crippen molar-refractivity contribution in [1.82, 2.24) is 5.32 Å². The zero-order chi connectivity index (χ0) is 9.97. The predicted molar refractivity (Wildman–Crippen MR) is 55.6 cm³/mol. The van der Waals surface area contributed by atoms with Gasteiger partial charge in [-0.2, -0.15) is 0 Å². The van der Waals surface area contributed by atoms with Crippen LogP contribution in [0.15, 0.2) is 18.2 Å². The Morgan fingerprint density at radius 2 is 2.21 bits per heavy atom. The first kappa shape index (κ1) is 9.66. The molecule has 1 aromatic carbocycles. The van der Waals surface area contributed by atoms with E-state index in [4.69, 9.17) is 0 Å². The van der Waals surface area contributed by atoms with Crippen LogP contribution >= 0.6 is 0 Å². The molecule has 0 spiro atoms. The molecule has 0 bridgehead atoms. The van der Waals surface area contributed by atoms with Crippen molar-refractivity contribution in [3.63, 3.8) is 0 Å². The van der Waals surface area contributed by atoms with E-state index in [0.717, 1.165) is 11.1 Å². The number of benzene rings is 1. The molecular formula is C12H16FN. The number of hydrogen-bond donors (Lipinski definition) is 1. The summed E-state index contributed by atoms with van der Waals surface area (Å²) in [4.78, 5) is 0. The van der Waals surface area contributed by atoms with E-state index in [1.165, 1.54) is 19.3 Å². The van der Waals surface area contributed by atoms with Crippen molar-refractivity contribution >= 4 is 0 Å². The van der Waals surface area contributed by atoms with Gasteiger partial charge in [-0.25, -0.2) is 4.39 Å². The lowest BCUT2D eigenvalue weighted by Crippen LogP contribution is -2.34. The molecule has 1 N–H and O–H groups in total. The first-order chi connectivity index (χ1) is 6.77. The van der Waals surface area contributed by atoms with Gasteiger partial charge in [0.1, 0.15) is 5.82 Å². The van der Waals surface area contributed by atoms with Crippen molar-refractivity contribution in [1.29, 1.82) is 0 Å². The van der Waals surface area contributed by atoms with Gasteiger partial charge in [-0.1, -0.05) is 24.6 Å². The SMILES string of the molecule is Cc1cccc(CNC2CCC2)c1F. The summed E-state index contributed by atoms with van der Waals surface area (Å²) < 4.78 is 13.5. The summed E-state index contributed by atoms with van der Waals surface area (Å²) >= 11 is 0. The molecule has 1 nitrogen and oxygen atoms in total. The quantitative estimate of drug-likeness (QED) is 0.778. The van der Waals surface area contributed by atoms with Crippen LogP contribution in [-0.2, 0) is 6.54 Å². The van der Waals surface area contributed by atoms with Crippen molar-refractivity contribution in [2.24, 2.45) is 0 Å². The van der Waals surface area contributed by atoms with Gasteiger partial charge < -0.3 is 5.32 Å². The van der Waals surface area contributed by atoms with Crippen LogP contribution < -0.4 is 5.32 Å².